The summed E-state index contributed by atoms with van der Waals surface area (Å²) < 4.78 is 11.0. The Morgan fingerprint density at radius 1 is 0.824 bits per heavy atom. The van der Waals surface area contributed by atoms with Gasteiger partial charge in [0.05, 0.1) is 39.6 Å². The summed E-state index contributed by atoms with van der Waals surface area (Å²) in [6.07, 6.45) is 3.98. The van der Waals surface area contributed by atoms with Crippen molar-refractivity contribution in [3.05, 3.63) is 0 Å². The van der Waals surface area contributed by atoms with E-state index in [1.54, 1.807) is 0 Å². The van der Waals surface area contributed by atoms with Crippen LogP contribution in [0.2, 0.25) is 0 Å². The molecule has 17 heavy (non-hydrogen) atoms. The number of fused-ring (bicyclic) bond motifs is 2. The molecule has 4 unspecified atom stereocenters. The van der Waals surface area contributed by atoms with Gasteiger partial charge in [-0.1, -0.05) is 0 Å². The highest BCUT2D eigenvalue weighted by Gasteiger charge is 2.47. The minimum atomic E-state index is 0.104. The Bertz CT molecular complexity index is 199. The zero-order chi connectivity index (χ0) is 12.1. The van der Waals surface area contributed by atoms with Crippen LogP contribution in [0.1, 0.15) is 19.3 Å². The summed E-state index contributed by atoms with van der Waals surface area (Å²) in [7, 11) is 0. The van der Waals surface area contributed by atoms with Gasteiger partial charge in [-0.2, -0.15) is 0 Å². The van der Waals surface area contributed by atoms with Crippen LogP contribution in [0.4, 0.5) is 0 Å². The Kier molecular flexibility index (Phi) is 5.22. The van der Waals surface area contributed by atoms with Crippen LogP contribution in [-0.2, 0) is 9.47 Å². The monoisotopic (exact) mass is 244 g/mol. The Labute approximate surface area is 103 Å². The van der Waals surface area contributed by atoms with E-state index < -0.39 is 0 Å². The van der Waals surface area contributed by atoms with Crippen LogP contribution in [0.5, 0.6) is 0 Å². The molecule has 2 aliphatic carbocycles. The summed E-state index contributed by atoms with van der Waals surface area (Å²) in [6.45, 7) is 2.61. The maximum Gasteiger partial charge on any atom is 0.0697 e. The number of ether oxygens (including phenoxy) is 2. The van der Waals surface area contributed by atoms with Crippen molar-refractivity contribution in [2.75, 3.05) is 39.6 Å². The van der Waals surface area contributed by atoms with Gasteiger partial charge in [-0.15, -0.1) is 0 Å². The highest BCUT2D eigenvalue weighted by molar-refractivity contribution is 4.96. The Morgan fingerprint density at radius 2 is 1.29 bits per heavy atom. The molecule has 2 aliphatic rings. The number of aliphatic hydroxyl groups excluding tert-OH is 2. The second kappa shape index (κ2) is 6.69. The van der Waals surface area contributed by atoms with E-state index in [0.717, 1.165) is 25.0 Å². The van der Waals surface area contributed by atoms with Gasteiger partial charge in [0, 0.05) is 0 Å². The minimum Gasteiger partial charge on any atom is -0.394 e. The topological polar surface area (TPSA) is 58.9 Å². The largest absolute Gasteiger partial charge is 0.394 e. The van der Waals surface area contributed by atoms with Crippen LogP contribution in [-0.4, -0.2) is 49.9 Å². The number of aliphatic hydroxyl groups is 2. The third-order valence-electron chi connectivity index (χ3n) is 4.37. The highest BCUT2D eigenvalue weighted by Crippen LogP contribution is 2.52. The van der Waals surface area contributed by atoms with E-state index in [1.165, 1.54) is 19.3 Å². The summed E-state index contributed by atoms with van der Waals surface area (Å²) in [6, 6.07) is 0. The molecule has 2 saturated carbocycles. The fraction of sp³-hybridized carbons (Fsp3) is 1.00. The molecule has 0 aromatic heterocycles. The van der Waals surface area contributed by atoms with E-state index in [1.807, 2.05) is 0 Å². The SMILES string of the molecule is OCCOCC1C2CCC(C2)C1COCCO. The van der Waals surface area contributed by atoms with Crippen molar-refractivity contribution in [1.82, 2.24) is 0 Å². The third-order valence-corrected chi connectivity index (χ3v) is 4.37. The van der Waals surface area contributed by atoms with E-state index in [2.05, 4.69) is 0 Å². The fourth-order valence-electron chi connectivity index (χ4n) is 3.62. The molecule has 4 nitrogen and oxygen atoms in total. The van der Waals surface area contributed by atoms with E-state index in [9.17, 15) is 0 Å². The van der Waals surface area contributed by atoms with E-state index in [4.69, 9.17) is 19.7 Å². The van der Waals surface area contributed by atoms with Gasteiger partial charge < -0.3 is 19.7 Å². The molecule has 2 N–H and O–H groups in total. The smallest absolute Gasteiger partial charge is 0.0697 e. The first-order chi connectivity index (χ1) is 8.36. The molecular formula is C13H24O4. The molecule has 0 amide bonds. The number of hydrogen-bond acceptors (Lipinski definition) is 4. The van der Waals surface area contributed by atoms with Crippen molar-refractivity contribution in [3.63, 3.8) is 0 Å². The maximum absolute atomic E-state index is 8.73. The summed E-state index contributed by atoms with van der Waals surface area (Å²) in [5, 5.41) is 17.5. The Hall–Kier alpha value is -0.160. The Balaban J connectivity index is 1.78. The van der Waals surface area contributed by atoms with Crippen LogP contribution >= 0.6 is 0 Å². The summed E-state index contributed by atoms with van der Waals surface area (Å²) >= 11 is 0. The predicted octanol–water partition coefficient (Wildman–Crippen LogP) is 0.666. The molecule has 4 heteroatoms. The third kappa shape index (κ3) is 3.19. The number of rotatable bonds is 8. The van der Waals surface area contributed by atoms with Gasteiger partial charge in [-0.3, -0.25) is 0 Å². The molecule has 0 radical (unpaired) electrons. The first-order valence-corrected chi connectivity index (χ1v) is 6.74. The molecule has 4 atom stereocenters. The second-order valence-corrected chi connectivity index (χ2v) is 5.26. The average Bonchev–Trinajstić information content (AvgIpc) is 2.92. The first-order valence-electron chi connectivity index (χ1n) is 6.74. The van der Waals surface area contributed by atoms with E-state index in [-0.39, 0.29) is 13.2 Å². The van der Waals surface area contributed by atoms with Crippen LogP contribution < -0.4 is 0 Å². The van der Waals surface area contributed by atoms with Crippen LogP contribution in [0.3, 0.4) is 0 Å². The van der Waals surface area contributed by atoms with Crippen molar-refractivity contribution in [3.8, 4) is 0 Å². The van der Waals surface area contributed by atoms with Crippen LogP contribution in [0.25, 0.3) is 0 Å². The van der Waals surface area contributed by atoms with Gasteiger partial charge >= 0.3 is 0 Å². The van der Waals surface area contributed by atoms with E-state index in [0.29, 0.717) is 25.0 Å². The maximum atomic E-state index is 8.73. The van der Waals surface area contributed by atoms with Gasteiger partial charge in [-0.05, 0) is 42.9 Å². The first kappa shape index (κ1) is 13.3. The molecule has 0 aromatic rings. The van der Waals surface area contributed by atoms with Gasteiger partial charge in [0.2, 0.25) is 0 Å². The van der Waals surface area contributed by atoms with Crippen LogP contribution in [0, 0.1) is 23.7 Å². The molecule has 100 valence electrons. The standard InChI is InChI=1S/C13H24O4/c14-3-5-16-8-12-10-1-2-11(7-10)13(12)9-17-6-4-15/h10-15H,1-9H2. The molecule has 2 bridgehead atoms. The van der Waals surface area contributed by atoms with Gasteiger partial charge in [0.15, 0.2) is 0 Å². The van der Waals surface area contributed by atoms with Crippen molar-refractivity contribution in [2.24, 2.45) is 23.7 Å². The van der Waals surface area contributed by atoms with Gasteiger partial charge in [-0.25, -0.2) is 0 Å². The van der Waals surface area contributed by atoms with Crippen molar-refractivity contribution < 1.29 is 19.7 Å². The fourth-order valence-corrected chi connectivity index (χ4v) is 3.62. The molecule has 2 rings (SSSR count). The quantitative estimate of drug-likeness (QED) is 0.616. The van der Waals surface area contributed by atoms with Gasteiger partial charge in [0.25, 0.3) is 0 Å². The highest BCUT2D eigenvalue weighted by atomic mass is 16.5. The molecule has 0 spiro atoms. The molecule has 0 heterocycles. The molecule has 0 aromatic carbocycles. The average molecular weight is 244 g/mol. The van der Waals surface area contributed by atoms with Gasteiger partial charge in [0.1, 0.15) is 0 Å². The lowest BCUT2D eigenvalue weighted by atomic mass is 9.80. The summed E-state index contributed by atoms with van der Waals surface area (Å²) in [5.74, 6) is 2.78. The molecule has 2 fully saturated rings. The van der Waals surface area contributed by atoms with Crippen molar-refractivity contribution in [1.29, 1.82) is 0 Å². The minimum absolute atomic E-state index is 0.104. The molecule has 0 saturated heterocycles. The van der Waals surface area contributed by atoms with Crippen molar-refractivity contribution in [2.45, 2.75) is 19.3 Å². The molecule has 0 aliphatic heterocycles. The number of hydrogen-bond donors (Lipinski definition) is 2. The zero-order valence-corrected chi connectivity index (χ0v) is 10.4. The zero-order valence-electron chi connectivity index (χ0n) is 10.4. The molecular weight excluding hydrogens is 220 g/mol. The lowest BCUT2D eigenvalue weighted by molar-refractivity contribution is -0.00507. The normalized spacial score (nSPS) is 35.6. The predicted molar refractivity (Wildman–Crippen MR) is 63.6 cm³/mol. The van der Waals surface area contributed by atoms with E-state index >= 15 is 0 Å². The van der Waals surface area contributed by atoms with Crippen molar-refractivity contribution >= 4 is 0 Å². The summed E-state index contributed by atoms with van der Waals surface area (Å²) in [5.41, 5.74) is 0. The lowest BCUT2D eigenvalue weighted by Crippen LogP contribution is -2.30. The lowest BCUT2D eigenvalue weighted by Gasteiger charge is -2.30. The van der Waals surface area contributed by atoms with Crippen LogP contribution in [0.15, 0.2) is 0 Å². The summed E-state index contributed by atoms with van der Waals surface area (Å²) in [4.78, 5) is 0. The second-order valence-electron chi connectivity index (χ2n) is 5.26. The Morgan fingerprint density at radius 3 is 1.71 bits per heavy atom.